The summed E-state index contributed by atoms with van der Waals surface area (Å²) in [6.07, 6.45) is 0.145. The van der Waals surface area contributed by atoms with E-state index in [4.69, 9.17) is 14.2 Å². The second-order valence-electron chi connectivity index (χ2n) is 7.39. The van der Waals surface area contributed by atoms with Crippen molar-refractivity contribution in [2.75, 3.05) is 38.7 Å². The van der Waals surface area contributed by atoms with Crippen molar-refractivity contribution in [1.29, 1.82) is 0 Å². The van der Waals surface area contributed by atoms with E-state index in [9.17, 15) is 9.59 Å². The first-order chi connectivity index (χ1) is 13.8. The predicted octanol–water partition coefficient (Wildman–Crippen LogP) is 2.41. The van der Waals surface area contributed by atoms with Gasteiger partial charge in [0.25, 0.3) is 0 Å². The number of fused-ring (bicyclic) bond motifs is 1. The molecule has 0 radical (unpaired) electrons. The van der Waals surface area contributed by atoms with E-state index in [-0.39, 0.29) is 31.3 Å². The topological polar surface area (TPSA) is 82.0 Å². The highest BCUT2D eigenvalue weighted by Gasteiger charge is 2.27. The number of amides is 1. The molecule has 0 saturated carbocycles. The van der Waals surface area contributed by atoms with E-state index in [1.54, 1.807) is 25.6 Å². The van der Waals surface area contributed by atoms with Gasteiger partial charge in [0.1, 0.15) is 5.75 Å². The lowest BCUT2D eigenvalue weighted by atomic mass is 10.2. The molecule has 0 aliphatic carbocycles. The Morgan fingerprint density at radius 1 is 1.24 bits per heavy atom. The minimum absolute atomic E-state index is 0.0726. The van der Waals surface area contributed by atoms with Gasteiger partial charge in [0.2, 0.25) is 5.91 Å². The number of methoxy groups -OCH3 is 1. The number of anilines is 1. The molecule has 1 N–H and O–H groups in total. The molecule has 1 aromatic carbocycles. The van der Waals surface area contributed by atoms with Crippen molar-refractivity contribution in [3.8, 4) is 5.75 Å². The first kappa shape index (κ1) is 21.1. The van der Waals surface area contributed by atoms with E-state index >= 15 is 0 Å². The Labute approximate surface area is 170 Å². The van der Waals surface area contributed by atoms with Gasteiger partial charge in [0, 0.05) is 25.5 Å². The average molecular weight is 403 g/mol. The first-order valence-electron chi connectivity index (χ1n) is 9.85. The fourth-order valence-electron chi connectivity index (χ4n) is 3.91. The molecule has 0 bridgehead atoms. The van der Waals surface area contributed by atoms with E-state index in [1.807, 2.05) is 32.0 Å². The van der Waals surface area contributed by atoms with E-state index < -0.39 is 5.97 Å². The SMILES string of the molecule is CCOC(=O)c1c(NC(=O)CN2C[C@@H](C)O[C@@H](C)C2)c2cc(OC)ccc2n1C. The molecular weight excluding hydrogens is 374 g/mol. The summed E-state index contributed by atoms with van der Waals surface area (Å²) in [7, 11) is 3.36. The molecule has 0 spiro atoms. The molecule has 1 aromatic heterocycles. The molecule has 0 unspecified atom stereocenters. The van der Waals surface area contributed by atoms with Gasteiger partial charge in [-0.05, 0) is 39.0 Å². The molecule has 1 aliphatic rings. The zero-order valence-electron chi connectivity index (χ0n) is 17.7. The monoisotopic (exact) mass is 403 g/mol. The van der Waals surface area contributed by atoms with Gasteiger partial charge in [-0.1, -0.05) is 0 Å². The van der Waals surface area contributed by atoms with E-state index in [0.717, 1.165) is 10.9 Å². The maximum absolute atomic E-state index is 12.8. The van der Waals surface area contributed by atoms with Crippen LogP contribution in [0.15, 0.2) is 18.2 Å². The zero-order valence-corrected chi connectivity index (χ0v) is 17.7. The second kappa shape index (κ2) is 8.84. The van der Waals surface area contributed by atoms with Gasteiger partial charge in [0.15, 0.2) is 5.69 Å². The van der Waals surface area contributed by atoms with Crippen molar-refractivity contribution < 1.29 is 23.8 Å². The minimum Gasteiger partial charge on any atom is -0.497 e. The third-order valence-electron chi connectivity index (χ3n) is 5.00. The van der Waals surface area contributed by atoms with Crippen LogP contribution in [0.5, 0.6) is 5.75 Å². The van der Waals surface area contributed by atoms with Crippen molar-refractivity contribution in [2.45, 2.75) is 33.0 Å². The van der Waals surface area contributed by atoms with Crippen LogP contribution in [-0.4, -0.2) is 66.9 Å². The number of ether oxygens (including phenoxy) is 3. The minimum atomic E-state index is -0.478. The Morgan fingerprint density at radius 3 is 2.55 bits per heavy atom. The van der Waals surface area contributed by atoms with Crippen molar-refractivity contribution in [1.82, 2.24) is 9.47 Å². The maximum Gasteiger partial charge on any atom is 0.357 e. The summed E-state index contributed by atoms with van der Waals surface area (Å²) in [6, 6.07) is 5.49. The number of aryl methyl sites for hydroxylation is 1. The number of hydrogen-bond donors (Lipinski definition) is 1. The van der Waals surface area contributed by atoms with Crippen LogP contribution in [0.25, 0.3) is 10.9 Å². The largest absolute Gasteiger partial charge is 0.497 e. The quantitative estimate of drug-likeness (QED) is 0.746. The Bertz CT molecular complexity index is 897. The third-order valence-corrected chi connectivity index (χ3v) is 5.00. The van der Waals surface area contributed by atoms with Gasteiger partial charge in [-0.15, -0.1) is 0 Å². The summed E-state index contributed by atoms with van der Waals surface area (Å²) in [5, 5.41) is 3.67. The number of rotatable bonds is 6. The summed E-state index contributed by atoms with van der Waals surface area (Å²) in [6.45, 7) is 7.59. The molecule has 2 aromatic rings. The number of morpholine rings is 1. The van der Waals surface area contributed by atoms with Gasteiger partial charge in [-0.3, -0.25) is 9.69 Å². The van der Waals surface area contributed by atoms with Crippen LogP contribution in [0.2, 0.25) is 0 Å². The highest BCUT2D eigenvalue weighted by Crippen LogP contribution is 2.33. The highest BCUT2D eigenvalue weighted by molar-refractivity contribution is 6.12. The smallest absolute Gasteiger partial charge is 0.357 e. The third kappa shape index (κ3) is 4.54. The molecule has 1 amide bonds. The van der Waals surface area contributed by atoms with E-state index in [0.29, 0.717) is 30.2 Å². The Kier molecular flexibility index (Phi) is 6.44. The molecule has 29 heavy (non-hydrogen) atoms. The molecule has 2 atom stereocenters. The summed E-state index contributed by atoms with van der Waals surface area (Å²) in [4.78, 5) is 27.5. The Hall–Kier alpha value is -2.58. The lowest BCUT2D eigenvalue weighted by Crippen LogP contribution is -2.48. The van der Waals surface area contributed by atoms with Gasteiger partial charge in [-0.25, -0.2) is 4.79 Å². The summed E-state index contributed by atoms with van der Waals surface area (Å²) in [5.41, 5.74) is 1.56. The number of esters is 1. The van der Waals surface area contributed by atoms with Gasteiger partial charge < -0.3 is 24.1 Å². The van der Waals surface area contributed by atoms with Crippen LogP contribution in [0, 0.1) is 0 Å². The molecule has 158 valence electrons. The van der Waals surface area contributed by atoms with Crippen LogP contribution in [0.3, 0.4) is 0 Å². The molecule has 1 fully saturated rings. The maximum atomic E-state index is 12.8. The highest BCUT2D eigenvalue weighted by atomic mass is 16.5. The van der Waals surface area contributed by atoms with Crippen LogP contribution in [0.4, 0.5) is 5.69 Å². The average Bonchev–Trinajstić information content (AvgIpc) is 2.92. The second-order valence-corrected chi connectivity index (χ2v) is 7.39. The van der Waals surface area contributed by atoms with Crippen LogP contribution < -0.4 is 10.1 Å². The molecule has 8 heteroatoms. The van der Waals surface area contributed by atoms with Crippen LogP contribution >= 0.6 is 0 Å². The fraction of sp³-hybridized carbons (Fsp3) is 0.524. The van der Waals surface area contributed by atoms with Crippen molar-refractivity contribution in [3.63, 3.8) is 0 Å². The van der Waals surface area contributed by atoms with Crippen molar-refractivity contribution >= 4 is 28.5 Å². The van der Waals surface area contributed by atoms with Crippen LogP contribution in [0.1, 0.15) is 31.3 Å². The number of carbonyl (C=O) groups excluding carboxylic acids is 2. The number of benzene rings is 1. The first-order valence-corrected chi connectivity index (χ1v) is 9.85. The Morgan fingerprint density at radius 2 is 1.93 bits per heavy atom. The standard InChI is InChI=1S/C21H29N3O5/c1-6-28-21(26)20-19(16-9-15(27-5)7-8-17(16)23(20)4)22-18(25)12-24-10-13(2)29-14(3)11-24/h7-9,13-14H,6,10-12H2,1-5H3,(H,22,25)/t13-,14+. The zero-order chi connectivity index (χ0) is 21.1. The molecule has 1 aliphatic heterocycles. The van der Waals surface area contributed by atoms with Gasteiger partial charge in [0.05, 0.1) is 43.7 Å². The number of hydrogen-bond acceptors (Lipinski definition) is 6. The van der Waals surface area contributed by atoms with E-state index in [1.165, 1.54) is 0 Å². The van der Waals surface area contributed by atoms with Crippen molar-refractivity contribution in [2.24, 2.45) is 7.05 Å². The van der Waals surface area contributed by atoms with Gasteiger partial charge in [-0.2, -0.15) is 0 Å². The predicted molar refractivity (Wildman–Crippen MR) is 111 cm³/mol. The summed E-state index contributed by atoms with van der Waals surface area (Å²) >= 11 is 0. The normalized spacial score (nSPS) is 19.9. The number of carbonyl (C=O) groups is 2. The number of nitrogens with zero attached hydrogens (tertiary/aromatic N) is 2. The summed E-state index contributed by atoms with van der Waals surface area (Å²) < 4.78 is 18.0. The van der Waals surface area contributed by atoms with Crippen LogP contribution in [-0.2, 0) is 21.3 Å². The fourth-order valence-corrected chi connectivity index (χ4v) is 3.91. The van der Waals surface area contributed by atoms with Crippen molar-refractivity contribution in [3.05, 3.63) is 23.9 Å². The van der Waals surface area contributed by atoms with E-state index in [2.05, 4.69) is 10.2 Å². The molecule has 2 heterocycles. The molecule has 8 nitrogen and oxygen atoms in total. The lowest BCUT2D eigenvalue weighted by molar-refractivity contribution is -0.121. The number of nitrogens with one attached hydrogen (secondary N) is 1. The lowest BCUT2D eigenvalue weighted by Gasteiger charge is -2.34. The molecule has 1 saturated heterocycles. The summed E-state index contributed by atoms with van der Waals surface area (Å²) in [5.74, 6) is -0.0221. The number of aromatic nitrogens is 1. The Balaban J connectivity index is 1.92. The molecule has 3 rings (SSSR count). The van der Waals surface area contributed by atoms with Gasteiger partial charge >= 0.3 is 5.97 Å². The molecular formula is C21H29N3O5.